The average molecular weight is 405 g/mol. The maximum absolute atomic E-state index is 13.1. The summed E-state index contributed by atoms with van der Waals surface area (Å²) in [5.41, 5.74) is 1.88. The quantitative estimate of drug-likeness (QED) is 0.765. The first kappa shape index (κ1) is 20.3. The number of hydrogen-bond acceptors (Lipinski definition) is 4. The van der Waals surface area contributed by atoms with Gasteiger partial charge in [0.1, 0.15) is 5.82 Å². The largest absolute Gasteiger partial charge is 0.368 e. The lowest BCUT2D eigenvalue weighted by molar-refractivity contribution is -0.131. The Labute approximate surface area is 165 Å². The Bertz CT molecular complexity index is 922. The average Bonchev–Trinajstić information content (AvgIpc) is 2.69. The van der Waals surface area contributed by atoms with Crippen molar-refractivity contribution in [3.8, 4) is 0 Å². The van der Waals surface area contributed by atoms with E-state index < -0.39 is 10.0 Å². The highest BCUT2D eigenvalue weighted by molar-refractivity contribution is 7.89. The van der Waals surface area contributed by atoms with E-state index in [1.807, 2.05) is 6.92 Å². The Morgan fingerprint density at radius 3 is 2.14 bits per heavy atom. The number of rotatable bonds is 5. The molecule has 6 nitrogen and oxygen atoms in total. The van der Waals surface area contributed by atoms with Gasteiger partial charge in [-0.05, 0) is 43.3 Å². The maximum Gasteiger partial charge on any atom is 0.243 e. The van der Waals surface area contributed by atoms with Gasteiger partial charge >= 0.3 is 0 Å². The van der Waals surface area contributed by atoms with E-state index in [0.29, 0.717) is 26.2 Å². The SMILES string of the molecule is Cc1ccc(S(=O)(=O)N(C)CC(=O)N2CCN(c3ccc(F)cc3)CC2)cc1. The Morgan fingerprint density at radius 1 is 1.00 bits per heavy atom. The van der Waals surface area contributed by atoms with Crippen molar-refractivity contribution in [2.75, 3.05) is 44.7 Å². The number of aryl methyl sites for hydroxylation is 1. The van der Waals surface area contributed by atoms with E-state index >= 15 is 0 Å². The molecule has 3 rings (SSSR count). The van der Waals surface area contributed by atoms with E-state index in [2.05, 4.69) is 4.90 Å². The summed E-state index contributed by atoms with van der Waals surface area (Å²) in [7, 11) is -2.29. The van der Waals surface area contributed by atoms with Gasteiger partial charge in [0, 0.05) is 38.9 Å². The van der Waals surface area contributed by atoms with Gasteiger partial charge in [0.15, 0.2) is 0 Å². The highest BCUT2D eigenvalue weighted by Gasteiger charge is 2.27. The first-order valence-electron chi connectivity index (χ1n) is 9.08. The lowest BCUT2D eigenvalue weighted by atomic mass is 10.2. The Hall–Kier alpha value is -2.45. The fourth-order valence-electron chi connectivity index (χ4n) is 3.13. The number of carbonyl (C=O) groups excluding carboxylic acids is 1. The molecule has 0 bridgehead atoms. The number of anilines is 1. The molecule has 28 heavy (non-hydrogen) atoms. The molecule has 1 heterocycles. The van der Waals surface area contributed by atoms with Crippen molar-refractivity contribution in [1.82, 2.24) is 9.21 Å². The van der Waals surface area contributed by atoms with Crippen LogP contribution < -0.4 is 4.90 Å². The normalized spacial score (nSPS) is 15.1. The zero-order valence-electron chi connectivity index (χ0n) is 16.0. The predicted octanol–water partition coefficient (Wildman–Crippen LogP) is 2.10. The third kappa shape index (κ3) is 4.51. The summed E-state index contributed by atoms with van der Waals surface area (Å²) < 4.78 is 39.4. The molecule has 0 saturated carbocycles. The van der Waals surface area contributed by atoms with E-state index in [0.717, 1.165) is 15.6 Å². The number of piperazine rings is 1. The number of carbonyl (C=O) groups is 1. The van der Waals surface area contributed by atoms with Crippen LogP contribution in [-0.2, 0) is 14.8 Å². The molecule has 0 aliphatic carbocycles. The number of nitrogens with zero attached hydrogens (tertiary/aromatic N) is 3. The van der Waals surface area contributed by atoms with E-state index in [-0.39, 0.29) is 23.2 Å². The van der Waals surface area contributed by atoms with Gasteiger partial charge in [0.05, 0.1) is 11.4 Å². The van der Waals surface area contributed by atoms with Crippen molar-refractivity contribution in [3.05, 3.63) is 59.9 Å². The van der Waals surface area contributed by atoms with E-state index in [4.69, 9.17) is 0 Å². The molecule has 0 unspecified atom stereocenters. The van der Waals surface area contributed by atoms with E-state index in [1.165, 1.54) is 19.2 Å². The molecular weight excluding hydrogens is 381 g/mol. The zero-order valence-corrected chi connectivity index (χ0v) is 16.8. The van der Waals surface area contributed by atoms with Crippen LogP contribution in [0.15, 0.2) is 53.4 Å². The third-order valence-electron chi connectivity index (χ3n) is 4.91. The molecule has 1 aliphatic rings. The van der Waals surface area contributed by atoms with Crippen molar-refractivity contribution in [1.29, 1.82) is 0 Å². The first-order chi connectivity index (χ1) is 13.3. The van der Waals surface area contributed by atoms with Gasteiger partial charge in [-0.25, -0.2) is 12.8 Å². The number of sulfonamides is 1. The summed E-state index contributed by atoms with van der Waals surface area (Å²) in [6, 6.07) is 12.8. The maximum atomic E-state index is 13.1. The van der Waals surface area contributed by atoms with Gasteiger partial charge < -0.3 is 9.80 Å². The van der Waals surface area contributed by atoms with E-state index in [1.54, 1.807) is 41.3 Å². The lowest BCUT2D eigenvalue weighted by Crippen LogP contribution is -2.51. The second kappa shape index (κ2) is 8.28. The van der Waals surface area contributed by atoms with Gasteiger partial charge in [-0.2, -0.15) is 4.31 Å². The van der Waals surface area contributed by atoms with Crippen LogP contribution in [0.4, 0.5) is 10.1 Å². The summed E-state index contributed by atoms with van der Waals surface area (Å²) in [6.45, 7) is 3.91. The molecule has 0 N–H and O–H groups in total. The minimum atomic E-state index is -3.71. The smallest absolute Gasteiger partial charge is 0.243 e. The fraction of sp³-hybridized carbons (Fsp3) is 0.350. The second-order valence-electron chi connectivity index (χ2n) is 6.92. The molecule has 8 heteroatoms. The van der Waals surface area contributed by atoms with Gasteiger partial charge in [0.2, 0.25) is 15.9 Å². The Kier molecular flexibility index (Phi) is 6.00. The van der Waals surface area contributed by atoms with Crippen LogP contribution in [0.25, 0.3) is 0 Å². The van der Waals surface area contributed by atoms with Crippen LogP contribution in [0.1, 0.15) is 5.56 Å². The topological polar surface area (TPSA) is 60.9 Å². The number of hydrogen-bond donors (Lipinski definition) is 0. The van der Waals surface area contributed by atoms with E-state index in [9.17, 15) is 17.6 Å². The van der Waals surface area contributed by atoms with Crippen molar-refractivity contribution in [2.45, 2.75) is 11.8 Å². The highest BCUT2D eigenvalue weighted by Crippen LogP contribution is 2.18. The molecule has 1 aliphatic heterocycles. The number of halogens is 1. The molecule has 0 atom stereocenters. The van der Waals surface area contributed by atoms with Gasteiger partial charge in [-0.15, -0.1) is 0 Å². The van der Waals surface area contributed by atoms with Crippen molar-refractivity contribution >= 4 is 21.6 Å². The highest BCUT2D eigenvalue weighted by atomic mass is 32.2. The summed E-state index contributed by atoms with van der Waals surface area (Å²) >= 11 is 0. The summed E-state index contributed by atoms with van der Waals surface area (Å²) in [6.07, 6.45) is 0. The van der Waals surface area contributed by atoms with Crippen LogP contribution in [0.3, 0.4) is 0 Å². The molecule has 1 fully saturated rings. The Balaban J connectivity index is 1.58. The van der Waals surface area contributed by atoms with Crippen LogP contribution in [0.5, 0.6) is 0 Å². The van der Waals surface area contributed by atoms with Crippen molar-refractivity contribution in [3.63, 3.8) is 0 Å². The van der Waals surface area contributed by atoms with Gasteiger partial charge in [-0.1, -0.05) is 17.7 Å². The van der Waals surface area contributed by atoms with Crippen molar-refractivity contribution in [2.24, 2.45) is 0 Å². The standard InChI is InChI=1S/C20H24FN3O3S/c1-16-3-9-19(10-4-16)28(26,27)22(2)15-20(25)24-13-11-23(12-14-24)18-7-5-17(21)6-8-18/h3-10H,11-15H2,1-2H3. The lowest BCUT2D eigenvalue weighted by Gasteiger charge is -2.36. The summed E-state index contributed by atoms with van der Waals surface area (Å²) in [4.78, 5) is 16.5. The van der Waals surface area contributed by atoms with Crippen LogP contribution >= 0.6 is 0 Å². The third-order valence-corrected chi connectivity index (χ3v) is 6.73. The molecule has 150 valence electrons. The first-order valence-corrected chi connectivity index (χ1v) is 10.5. The number of amides is 1. The van der Waals surface area contributed by atoms with Gasteiger partial charge in [0.25, 0.3) is 0 Å². The summed E-state index contributed by atoms with van der Waals surface area (Å²) in [5, 5.41) is 0. The minimum absolute atomic E-state index is 0.175. The van der Waals surface area contributed by atoms with Crippen LogP contribution in [0, 0.1) is 12.7 Å². The molecule has 0 aromatic heterocycles. The minimum Gasteiger partial charge on any atom is -0.368 e. The predicted molar refractivity (Wildman–Crippen MR) is 106 cm³/mol. The Morgan fingerprint density at radius 2 is 1.57 bits per heavy atom. The zero-order chi connectivity index (χ0) is 20.3. The van der Waals surface area contributed by atoms with Crippen molar-refractivity contribution < 1.29 is 17.6 Å². The van der Waals surface area contributed by atoms with Crippen LogP contribution in [0.2, 0.25) is 0 Å². The second-order valence-corrected chi connectivity index (χ2v) is 8.96. The molecule has 1 amide bonds. The van der Waals surface area contributed by atoms with Gasteiger partial charge in [-0.3, -0.25) is 4.79 Å². The monoisotopic (exact) mass is 405 g/mol. The number of likely N-dealkylation sites (N-methyl/N-ethyl adjacent to an activating group) is 1. The molecular formula is C20H24FN3O3S. The fourth-order valence-corrected chi connectivity index (χ4v) is 4.25. The number of benzene rings is 2. The molecule has 0 radical (unpaired) electrons. The molecule has 2 aromatic rings. The molecule has 2 aromatic carbocycles. The molecule has 1 saturated heterocycles. The molecule has 0 spiro atoms. The van der Waals surface area contributed by atoms with Crippen LogP contribution in [-0.4, -0.2) is 63.3 Å². The summed E-state index contributed by atoms with van der Waals surface area (Å²) in [5.74, 6) is -0.507.